The molecule has 12 nitrogen and oxygen atoms in total. The molecule has 4 atom stereocenters. The summed E-state index contributed by atoms with van der Waals surface area (Å²) in [5.74, 6) is -1.20. The Morgan fingerprint density at radius 1 is 0.636 bits per heavy atom. The molecule has 2 fully saturated rings. The molecule has 0 spiro atoms. The van der Waals surface area contributed by atoms with Crippen molar-refractivity contribution in [1.29, 1.82) is 0 Å². The van der Waals surface area contributed by atoms with Gasteiger partial charge in [0, 0.05) is 60.5 Å². The number of hydrogen-bond donors (Lipinski definition) is 5. The summed E-state index contributed by atoms with van der Waals surface area (Å²) in [5.41, 5.74) is 5.50. The third kappa shape index (κ3) is 8.66. The second-order valence-electron chi connectivity index (χ2n) is 14.1. The molecule has 0 bridgehead atoms. The van der Waals surface area contributed by atoms with Crippen LogP contribution in [-0.4, -0.2) is 78.8 Å². The summed E-state index contributed by atoms with van der Waals surface area (Å²) in [4.78, 5) is 63.2. The number of aliphatic hydroxyl groups excluding tert-OH is 2. The van der Waals surface area contributed by atoms with Crippen molar-refractivity contribution in [3.05, 3.63) is 127 Å². The van der Waals surface area contributed by atoms with E-state index in [-0.39, 0.29) is 48.6 Å². The number of H-pyrrole nitrogens is 1. The maximum Gasteiger partial charge on any atom is 0.256 e. The molecule has 4 amide bonds. The summed E-state index contributed by atoms with van der Waals surface area (Å²) in [5, 5.41) is 27.2. The van der Waals surface area contributed by atoms with Crippen LogP contribution in [0.1, 0.15) is 61.9 Å². The number of benzene rings is 4. The van der Waals surface area contributed by atoms with E-state index in [1.807, 2.05) is 60.7 Å². The Morgan fingerprint density at radius 3 is 1.53 bits per heavy atom. The summed E-state index contributed by atoms with van der Waals surface area (Å²) in [7, 11) is 0. The van der Waals surface area contributed by atoms with Crippen LogP contribution in [0.5, 0.6) is 0 Å². The molecule has 2 aliphatic rings. The first kappa shape index (κ1) is 37.2. The van der Waals surface area contributed by atoms with Crippen LogP contribution in [0.15, 0.2) is 116 Å². The molecule has 282 valence electrons. The van der Waals surface area contributed by atoms with Crippen LogP contribution in [0.2, 0.25) is 0 Å². The van der Waals surface area contributed by atoms with Crippen LogP contribution >= 0.6 is 0 Å². The Labute approximate surface area is 319 Å². The van der Waals surface area contributed by atoms with E-state index in [1.165, 1.54) is 0 Å². The number of carbonyl (C=O) groups is 4. The normalized spacial score (nSPS) is 17.8. The molecule has 0 saturated carbocycles. The van der Waals surface area contributed by atoms with E-state index in [0.29, 0.717) is 48.4 Å². The van der Waals surface area contributed by atoms with Gasteiger partial charge in [-0.3, -0.25) is 19.2 Å². The molecule has 5 N–H and O–H groups in total. The van der Waals surface area contributed by atoms with Crippen LogP contribution in [0.25, 0.3) is 22.5 Å². The van der Waals surface area contributed by atoms with Crippen LogP contribution < -0.4 is 10.6 Å². The minimum Gasteiger partial charge on any atom is -0.378 e. The predicted molar refractivity (Wildman–Crippen MR) is 208 cm³/mol. The molecule has 4 aromatic carbocycles. The maximum absolute atomic E-state index is 13.1. The number of anilines is 2. The Kier molecular flexibility index (Phi) is 11.4. The highest BCUT2D eigenvalue weighted by Gasteiger charge is 2.35. The molecule has 55 heavy (non-hydrogen) atoms. The zero-order valence-corrected chi connectivity index (χ0v) is 30.3. The van der Waals surface area contributed by atoms with Gasteiger partial charge in [0.15, 0.2) is 12.2 Å². The minimum atomic E-state index is -1.26. The van der Waals surface area contributed by atoms with Gasteiger partial charge in [0.1, 0.15) is 0 Å². The van der Waals surface area contributed by atoms with Gasteiger partial charge >= 0.3 is 0 Å². The van der Waals surface area contributed by atoms with Gasteiger partial charge in [-0.25, -0.2) is 4.98 Å². The monoisotopic (exact) mass is 740 g/mol. The Hall–Kier alpha value is -6.11. The maximum atomic E-state index is 13.1. The van der Waals surface area contributed by atoms with Crippen LogP contribution in [0.3, 0.4) is 0 Å². The number of likely N-dealkylation sites (tertiary alicyclic amines) is 2. The molecule has 0 aliphatic carbocycles. The van der Waals surface area contributed by atoms with Gasteiger partial charge in [0.25, 0.3) is 11.8 Å². The molecule has 12 heteroatoms. The Balaban J connectivity index is 0.922. The fraction of sp³-hybridized carbons (Fsp3) is 0.279. The topological polar surface area (TPSA) is 168 Å². The molecule has 2 aliphatic heterocycles. The molecule has 2 saturated heterocycles. The van der Waals surface area contributed by atoms with Gasteiger partial charge in [0.05, 0.1) is 17.7 Å². The molecule has 5 aromatic rings. The summed E-state index contributed by atoms with van der Waals surface area (Å²) in [6, 6.07) is 31.8. The van der Waals surface area contributed by atoms with E-state index in [0.717, 1.165) is 35.4 Å². The van der Waals surface area contributed by atoms with Crippen molar-refractivity contribution >= 4 is 35.0 Å². The average Bonchev–Trinajstić information content (AvgIpc) is 4.00. The number of hydrogen-bond acceptors (Lipinski definition) is 7. The average molecular weight is 741 g/mol. The van der Waals surface area contributed by atoms with E-state index >= 15 is 0 Å². The molecular formula is C43H44N6O6. The van der Waals surface area contributed by atoms with E-state index in [4.69, 9.17) is 0 Å². The SMILES string of the molecule is O=C(C[C@@H]1CCCN1C(=O)[C@@H](O)c1ccccc1)Nc1ccc(-c2nc[nH]c2-c2ccc(NC(=O)C[C@@H]3CCCN3C(=O)[C@@H](O)c3ccccc3)cc2)cc1. The second-order valence-corrected chi connectivity index (χ2v) is 14.1. The third-order valence-electron chi connectivity index (χ3n) is 10.4. The van der Waals surface area contributed by atoms with Crippen molar-refractivity contribution in [3.8, 4) is 22.5 Å². The van der Waals surface area contributed by atoms with Crippen LogP contribution in [0.4, 0.5) is 11.4 Å². The highest BCUT2D eigenvalue weighted by atomic mass is 16.3. The first-order chi connectivity index (χ1) is 26.7. The molecule has 0 unspecified atom stereocenters. The molecule has 1 aromatic heterocycles. The second kappa shape index (κ2) is 16.9. The fourth-order valence-electron chi connectivity index (χ4n) is 7.56. The van der Waals surface area contributed by atoms with Gasteiger partial charge in [0.2, 0.25) is 11.8 Å². The van der Waals surface area contributed by atoms with Gasteiger partial charge in [-0.1, -0.05) is 84.9 Å². The van der Waals surface area contributed by atoms with E-state index < -0.39 is 12.2 Å². The summed E-state index contributed by atoms with van der Waals surface area (Å²) in [6.45, 7) is 1.01. The van der Waals surface area contributed by atoms with E-state index in [9.17, 15) is 29.4 Å². The number of aromatic nitrogens is 2. The Bertz CT molecular complexity index is 1960. The first-order valence-electron chi connectivity index (χ1n) is 18.7. The third-order valence-corrected chi connectivity index (χ3v) is 10.4. The quantitative estimate of drug-likeness (QED) is 0.107. The van der Waals surface area contributed by atoms with Crippen molar-refractivity contribution in [2.45, 2.75) is 62.8 Å². The van der Waals surface area contributed by atoms with Crippen LogP contribution in [0, 0.1) is 0 Å². The van der Waals surface area contributed by atoms with E-state index in [2.05, 4.69) is 20.6 Å². The number of aliphatic hydroxyl groups is 2. The van der Waals surface area contributed by atoms with Crippen molar-refractivity contribution in [2.75, 3.05) is 23.7 Å². The van der Waals surface area contributed by atoms with Crippen molar-refractivity contribution in [2.24, 2.45) is 0 Å². The Morgan fingerprint density at radius 2 is 1.07 bits per heavy atom. The molecule has 7 rings (SSSR count). The molecule has 0 radical (unpaired) electrons. The van der Waals surface area contributed by atoms with E-state index in [1.54, 1.807) is 64.7 Å². The van der Waals surface area contributed by atoms with Crippen molar-refractivity contribution in [1.82, 2.24) is 19.8 Å². The lowest BCUT2D eigenvalue weighted by Crippen LogP contribution is -2.40. The number of rotatable bonds is 12. The summed E-state index contributed by atoms with van der Waals surface area (Å²) < 4.78 is 0. The molecular weight excluding hydrogens is 697 g/mol. The smallest absolute Gasteiger partial charge is 0.256 e. The fourth-order valence-corrected chi connectivity index (χ4v) is 7.56. The number of nitrogens with one attached hydrogen (secondary N) is 3. The first-order valence-corrected chi connectivity index (χ1v) is 18.7. The van der Waals surface area contributed by atoms with Gasteiger partial charge in [-0.2, -0.15) is 0 Å². The zero-order valence-electron chi connectivity index (χ0n) is 30.3. The number of nitrogens with zero attached hydrogens (tertiary/aromatic N) is 3. The van der Waals surface area contributed by atoms with Crippen molar-refractivity contribution in [3.63, 3.8) is 0 Å². The lowest BCUT2D eigenvalue weighted by molar-refractivity contribution is -0.142. The number of aromatic amines is 1. The summed E-state index contributed by atoms with van der Waals surface area (Å²) in [6.07, 6.45) is 2.29. The standard InChI is InChI=1S/C43H44N6O6/c50-36(25-34-13-7-23-48(34)42(54)40(52)30-9-3-1-4-10-30)46-32-19-15-28(16-20-32)38-39(45-27-44-38)29-17-21-33(22-18-29)47-37(51)26-35-14-8-24-49(35)43(55)41(53)31-11-5-2-6-12-31/h1-6,9-12,15-22,27,34-35,40-41,52-53H,7-8,13-14,23-26H2,(H,44,45)(H,46,50)(H,47,51)/t34-,35-,40-,41-/m0/s1. The highest BCUT2D eigenvalue weighted by Crippen LogP contribution is 2.32. The largest absolute Gasteiger partial charge is 0.378 e. The number of imidazole rings is 1. The lowest BCUT2D eigenvalue weighted by Gasteiger charge is -2.26. The summed E-state index contributed by atoms with van der Waals surface area (Å²) >= 11 is 0. The lowest BCUT2D eigenvalue weighted by atomic mass is 10.0. The van der Waals surface area contributed by atoms with Gasteiger partial charge < -0.3 is 35.6 Å². The predicted octanol–water partition coefficient (Wildman–Crippen LogP) is 5.85. The van der Waals surface area contributed by atoms with Crippen LogP contribution in [-0.2, 0) is 19.2 Å². The number of amides is 4. The molecule has 3 heterocycles. The van der Waals surface area contributed by atoms with Crippen molar-refractivity contribution < 1.29 is 29.4 Å². The highest BCUT2D eigenvalue weighted by molar-refractivity contribution is 5.93. The van der Waals surface area contributed by atoms with Gasteiger partial charge in [-0.15, -0.1) is 0 Å². The zero-order chi connectivity index (χ0) is 38.3. The minimum absolute atomic E-state index is 0.132. The number of carbonyl (C=O) groups excluding carboxylic acids is 4. The van der Waals surface area contributed by atoms with Gasteiger partial charge in [-0.05, 0) is 61.1 Å².